The van der Waals surface area contributed by atoms with Gasteiger partial charge in [-0.1, -0.05) is 25.5 Å². The molecule has 4 aliphatic carbocycles. The Morgan fingerprint density at radius 3 is 2.59 bits per heavy atom. The number of hydrogen-bond acceptors (Lipinski definition) is 8. The number of fused-ring (bicyclic) bond motifs is 5. The van der Waals surface area contributed by atoms with E-state index in [0.717, 1.165) is 37.9 Å². The van der Waals surface area contributed by atoms with Crippen LogP contribution >= 0.6 is 0 Å². The summed E-state index contributed by atoms with van der Waals surface area (Å²) < 4.78 is 0. The molecule has 2 N–H and O–H groups in total. The van der Waals surface area contributed by atoms with E-state index in [0.29, 0.717) is 31.9 Å². The predicted molar refractivity (Wildman–Crippen MR) is 139 cm³/mol. The Morgan fingerprint density at radius 1 is 1.14 bits per heavy atom. The third-order valence-corrected chi connectivity index (χ3v) is 10.7. The van der Waals surface area contributed by atoms with E-state index in [1.807, 2.05) is 13.0 Å². The van der Waals surface area contributed by atoms with E-state index in [2.05, 4.69) is 26.7 Å². The first-order valence-electron chi connectivity index (χ1n) is 13.8. The van der Waals surface area contributed by atoms with Gasteiger partial charge in [-0.15, -0.1) is 0 Å². The van der Waals surface area contributed by atoms with E-state index in [-0.39, 0.29) is 41.3 Å². The van der Waals surface area contributed by atoms with Crippen LogP contribution in [0.3, 0.4) is 0 Å². The molecule has 2 heterocycles. The van der Waals surface area contributed by atoms with Crippen molar-refractivity contribution in [3.63, 3.8) is 0 Å². The van der Waals surface area contributed by atoms with Crippen molar-refractivity contribution in [2.24, 2.45) is 28.6 Å². The number of Topliss-reactive ketones (excluding diaryl/α,β-unsaturated/α-hetero) is 1. The number of anilines is 1. The minimum atomic E-state index is -1.43. The molecule has 5 aliphatic rings. The van der Waals surface area contributed by atoms with Crippen molar-refractivity contribution < 1.29 is 19.8 Å². The van der Waals surface area contributed by atoms with Crippen molar-refractivity contribution in [2.45, 2.75) is 57.7 Å². The second kappa shape index (κ2) is 8.82. The van der Waals surface area contributed by atoms with Crippen LogP contribution in [-0.2, 0) is 9.59 Å². The lowest BCUT2D eigenvalue weighted by Crippen LogP contribution is -2.62. The number of allylic oxidation sites excluding steroid dienone is 4. The molecule has 0 spiro atoms. The maximum absolute atomic E-state index is 13.8. The normalized spacial score (nSPS) is 41.6. The summed E-state index contributed by atoms with van der Waals surface area (Å²) in [5.74, 6) is 1.01. The number of aromatic nitrogens is 2. The Bertz CT molecular complexity index is 1150. The van der Waals surface area contributed by atoms with Crippen molar-refractivity contribution >= 4 is 17.5 Å². The number of rotatable bonds is 4. The largest absolute Gasteiger partial charge is 0.393 e. The summed E-state index contributed by atoms with van der Waals surface area (Å²) in [7, 11) is 0. The van der Waals surface area contributed by atoms with Crippen LogP contribution in [0.25, 0.3) is 0 Å². The van der Waals surface area contributed by atoms with Gasteiger partial charge in [-0.25, -0.2) is 9.97 Å². The third-order valence-electron chi connectivity index (χ3n) is 10.7. The Labute approximate surface area is 218 Å². The highest BCUT2D eigenvalue weighted by molar-refractivity contribution is 6.01. The zero-order valence-corrected chi connectivity index (χ0v) is 21.8. The first-order chi connectivity index (χ1) is 17.7. The van der Waals surface area contributed by atoms with Crippen molar-refractivity contribution in [3.05, 3.63) is 42.3 Å². The van der Waals surface area contributed by atoms with Gasteiger partial charge < -0.3 is 15.1 Å². The van der Waals surface area contributed by atoms with Gasteiger partial charge in [0, 0.05) is 55.3 Å². The number of carbonyl (C=O) groups excluding carboxylic acids is 2. The highest BCUT2D eigenvalue weighted by atomic mass is 16.3. The van der Waals surface area contributed by atoms with E-state index in [1.165, 1.54) is 0 Å². The van der Waals surface area contributed by atoms with E-state index in [1.54, 1.807) is 30.6 Å². The fraction of sp³-hybridized carbons (Fsp3) is 0.655. The smallest absolute Gasteiger partial charge is 0.225 e. The predicted octanol–water partition coefficient (Wildman–Crippen LogP) is 2.18. The van der Waals surface area contributed by atoms with Crippen LogP contribution in [0.5, 0.6) is 0 Å². The molecule has 0 amide bonds. The second-order valence-electron chi connectivity index (χ2n) is 12.3. The lowest BCUT2D eigenvalue weighted by atomic mass is 9.46. The zero-order valence-electron chi connectivity index (χ0n) is 21.8. The van der Waals surface area contributed by atoms with Crippen molar-refractivity contribution in [3.8, 4) is 0 Å². The molecule has 37 heavy (non-hydrogen) atoms. The maximum Gasteiger partial charge on any atom is 0.225 e. The van der Waals surface area contributed by atoms with Crippen molar-refractivity contribution in [1.29, 1.82) is 0 Å². The van der Waals surface area contributed by atoms with Crippen molar-refractivity contribution in [2.75, 3.05) is 37.6 Å². The SMILES string of the molecule is CC12C=CC(=O)C=C1CCC1C2[C@@H](O)CC2(C)C1CC[C@]2(O)C(=O)CN1CCN(c2ncccn2)CC1. The number of aliphatic hydroxyl groups is 2. The molecule has 198 valence electrons. The molecule has 5 unspecified atom stereocenters. The van der Waals surface area contributed by atoms with Crippen molar-refractivity contribution in [1.82, 2.24) is 14.9 Å². The molecule has 7 atom stereocenters. The molecule has 0 radical (unpaired) electrons. The molecule has 0 aromatic carbocycles. The van der Waals surface area contributed by atoms with E-state index < -0.39 is 17.1 Å². The van der Waals surface area contributed by atoms with Crippen LogP contribution in [0, 0.1) is 28.6 Å². The van der Waals surface area contributed by atoms with Crippen LogP contribution in [-0.4, -0.2) is 81.1 Å². The second-order valence-corrected chi connectivity index (χ2v) is 12.3. The summed E-state index contributed by atoms with van der Waals surface area (Å²) in [6, 6.07) is 1.80. The molecule has 8 nitrogen and oxygen atoms in total. The summed E-state index contributed by atoms with van der Waals surface area (Å²) in [6.07, 6.45) is 11.6. The number of nitrogens with zero attached hydrogens (tertiary/aromatic N) is 4. The standard InChI is InChI=1S/C29H38N4O4/c1-27-8-6-20(34)16-19(27)4-5-21-22-7-9-29(37,28(22,2)17-23(35)25(21)27)24(36)18-32-12-14-33(15-13-32)26-30-10-3-11-31-26/h3,6,8,10-11,16,21-23,25,35,37H,4-5,7,9,12-15,17-18H2,1-2H3/t21?,22?,23-,25?,27?,28?,29-/m0/s1. The lowest BCUT2D eigenvalue weighted by Gasteiger charge is -2.59. The van der Waals surface area contributed by atoms with Gasteiger partial charge in [-0.05, 0) is 62.2 Å². The fourth-order valence-corrected chi connectivity index (χ4v) is 8.68. The zero-order chi connectivity index (χ0) is 26.0. The third kappa shape index (κ3) is 3.74. The maximum atomic E-state index is 13.8. The highest BCUT2D eigenvalue weighted by Gasteiger charge is 2.68. The van der Waals surface area contributed by atoms with Crippen LogP contribution in [0.1, 0.15) is 46.0 Å². The van der Waals surface area contributed by atoms with Gasteiger partial charge in [0.15, 0.2) is 11.6 Å². The molecular formula is C29H38N4O4. The first-order valence-corrected chi connectivity index (χ1v) is 13.8. The Balaban J connectivity index is 1.17. The van der Waals surface area contributed by atoms with Crippen LogP contribution in [0.2, 0.25) is 0 Å². The van der Waals surface area contributed by atoms with Gasteiger partial charge in [-0.2, -0.15) is 0 Å². The molecule has 0 bridgehead atoms. The Morgan fingerprint density at radius 2 is 1.86 bits per heavy atom. The minimum Gasteiger partial charge on any atom is -0.393 e. The quantitative estimate of drug-likeness (QED) is 0.640. The summed E-state index contributed by atoms with van der Waals surface area (Å²) in [5.41, 5.74) is -1.31. The number of hydrogen-bond donors (Lipinski definition) is 2. The van der Waals surface area contributed by atoms with E-state index >= 15 is 0 Å². The van der Waals surface area contributed by atoms with Gasteiger partial charge in [0.1, 0.15) is 5.60 Å². The average Bonchev–Trinajstić information content (AvgIpc) is 3.16. The number of aliphatic hydroxyl groups excluding tert-OH is 1. The summed E-state index contributed by atoms with van der Waals surface area (Å²) in [4.78, 5) is 38.7. The average molecular weight is 507 g/mol. The fourth-order valence-electron chi connectivity index (χ4n) is 8.68. The number of carbonyl (C=O) groups is 2. The monoisotopic (exact) mass is 506 g/mol. The number of piperazine rings is 1. The van der Waals surface area contributed by atoms with Gasteiger partial charge in [-0.3, -0.25) is 14.5 Å². The van der Waals surface area contributed by atoms with Gasteiger partial charge >= 0.3 is 0 Å². The van der Waals surface area contributed by atoms with Crippen LogP contribution in [0.4, 0.5) is 5.95 Å². The molecular weight excluding hydrogens is 468 g/mol. The molecule has 1 aliphatic heterocycles. The molecule has 1 saturated heterocycles. The van der Waals surface area contributed by atoms with E-state index in [9.17, 15) is 19.8 Å². The lowest BCUT2D eigenvalue weighted by molar-refractivity contribution is -0.177. The number of ketones is 2. The molecule has 6 rings (SSSR count). The van der Waals surface area contributed by atoms with Gasteiger partial charge in [0.05, 0.1) is 12.6 Å². The molecule has 1 aromatic rings. The van der Waals surface area contributed by atoms with Gasteiger partial charge in [0.25, 0.3) is 0 Å². The molecule has 4 fully saturated rings. The Hall–Kier alpha value is -2.42. The topological polar surface area (TPSA) is 107 Å². The summed E-state index contributed by atoms with van der Waals surface area (Å²) in [5, 5.41) is 23.6. The van der Waals surface area contributed by atoms with Gasteiger partial charge in [0.2, 0.25) is 5.95 Å². The highest BCUT2D eigenvalue weighted by Crippen LogP contribution is 2.67. The molecule has 8 heteroatoms. The summed E-state index contributed by atoms with van der Waals surface area (Å²) in [6.45, 7) is 7.32. The van der Waals surface area contributed by atoms with Crippen LogP contribution in [0.15, 0.2) is 42.3 Å². The Kier molecular flexibility index (Phi) is 5.93. The molecule has 1 aromatic heterocycles. The molecule has 3 saturated carbocycles. The summed E-state index contributed by atoms with van der Waals surface area (Å²) >= 11 is 0. The van der Waals surface area contributed by atoms with E-state index in [4.69, 9.17) is 0 Å². The minimum absolute atomic E-state index is 0.000611. The van der Waals surface area contributed by atoms with Crippen LogP contribution < -0.4 is 4.90 Å². The first kappa shape index (κ1) is 24.9.